The second-order valence-corrected chi connectivity index (χ2v) is 7.45. The molecular formula is C20H30N4O3. The summed E-state index contributed by atoms with van der Waals surface area (Å²) < 4.78 is 5.62. The zero-order valence-electron chi connectivity index (χ0n) is 16.5. The van der Waals surface area contributed by atoms with E-state index in [1.807, 2.05) is 7.05 Å². The number of rotatable bonds is 4. The number of ether oxygens (including phenoxy) is 1. The average molecular weight is 374 g/mol. The third kappa shape index (κ3) is 4.71. The Morgan fingerprint density at radius 3 is 2.67 bits per heavy atom. The minimum absolute atomic E-state index is 0.0967. The fourth-order valence-electron chi connectivity index (χ4n) is 3.56. The van der Waals surface area contributed by atoms with Crippen LogP contribution in [0.4, 0.5) is 16.2 Å². The van der Waals surface area contributed by atoms with Crippen molar-refractivity contribution in [3.63, 3.8) is 0 Å². The highest BCUT2D eigenvalue weighted by Crippen LogP contribution is 2.35. The van der Waals surface area contributed by atoms with Gasteiger partial charge in [0.1, 0.15) is 5.75 Å². The van der Waals surface area contributed by atoms with Crippen molar-refractivity contribution in [2.75, 3.05) is 50.5 Å². The number of hydrogen-bond donors (Lipinski definition) is 1. The van der Waals surface area contributed by atoms with Crippen LogP contribution in [0.15, 0.2) is 18.2 Å². The van der Waals surface area contributed by atoms with E-state index in [1.165, 1.54) is 25.7 Å². The molecule has 0 saturated carbocycles. The molecule has 0 aromatic heterocycles. The highest BCUT2D eigenvalue weighted by molar-refractivity contribution is 6.00. The molecule has 2 heterocycles. The summed E-state index contributed by atoms with van der Waals surface area (Å²) in [7, 11) is 3.53. The molecule has 27 heavy (non-hydrogen) atoms. The Labute approximate surface area is 161 Å². The molecule has 1 N–H and O–H groups in total. The van der Waals surface area contributed by atoms with Crippen molar-refractivity contribution in [1.29, 1.82) is 0 Å². The van der Waals surface area contributed by atoms with Crippen LogP contribution in [0.5, 0.6) is 5.75 Å². The van der Waals surface area contributed by atoms with Crippen LogP contribution < -0.4 is 15.0 Å². The number of carbonyl (C=O) groups is 2. The maximum atomic E-state index is 12.5. The Morgan fingerprint density at radius 1 is 1.26 bits per heavy atom. The second-order valence-electron chi connectivity index (χ2n) is 7.45. The number of fused-ring (bicyclic) bond motifs is 1. The van der Waals surface area contributed by atoms with Gasteiger partial charge in [0.05, 0.1) is 5.69 Å². The van der Waals surface area contributed by atoms with Crippen LogP contribution in [0.2, 0.25) is 0 Å². The summed E-state index contributed by atoms with van der Waals surface area (Å²) in [5.41, 5.74) is 1.32. The number of urea groups is 1. The summed E-state index contributed by atoms with van der Waals surface area (Å²) in [6.07, 6.45) is 4.62. The number of likely N-dealkylation sites (N-methyl/N-ethyl adjacent to an activating group) is 2. The molecule has 1 aromatic carbocycles. The first-order valence-electron chi connectivity index (χ1n) is 9.78. The zero-order chi connectivity index (χ0) is 19.4. The van der Waals surface area contributed by atoms with E-state index >= 15 is 0 Å². The minimum Gasteiger partial charge on any atom is -0.479 e. The van der Waals surface area contributed by atoms with Gasteiger partial charge in [0.2, 0.25) is 0 Å². The van der Waals surface area contributed by atoms with E-state index in [4.69, 9.17) is 4.74 Å². The Kier molecular flexibility index (Phi) is 6.21. The van der Waals surface area contributed by atoms with Crippen LogP contribution >= 0.6 is 0 Å². The number of likely N-dealkylation sites (tertiary alicyclic amines) is 1. The smallest absolute Gasteiger partial charge is 0.321 e. The molecule has 0 aliphatic carbocycles. The first kappa shape index (κ1) is 19.5. The minimum atomic E-state index is -0.493. The molecule has 1 aromatic rings. The van der Waals surface area contributed by atoms with Gasteiger partial charge < -0.3 is 24.8 Å². The largest absolute Gasteiger partial charge is 0.479 e. The predicted octanol–water partition coefficient (Wildman–Crippen LogP) is 2.77. The Hall–Kier alpha value is -2.28. The molecule has 0 spiro atoms. The Bertz CT molecular complexity index is 686. The molecule has 7 nitrogen and oxygen atoms in total. The maximum Gasteiger partial charge on any atom is 0.321 e. The van der Waals surface area contributed by atoms with E-state index in [1.54, 1.807) is 42.0 Å². The lowest BCUT2D eigenvalue weighted by Crippen LogP contribution is -2.42. The number of carbonyl (C=O) groups excluding carboxylic acids is 2. The third-order valence-electron chi connectivity index (χ3n) is 5.35. The zero-order valence-corrected chi connectivity index (χ0v) is 16.5. The van der Waals surface area contributed by atoms with Gasteiger partial charge in [-0.05, 0) is 51.1 Å². The van der Waals surface area contributed by atoms with Gasteiger partial charge in [-0.2, -0.15) is 0 Å². The van der Waals surface area contributed by atoms with Crippen molar-refractivity contribution in [1.82, 2.24) is 9.80 Å². The van der Waals surface area contributed by atoms with Crippen molar-refractivity contribution in [2.45, 2.75) is 38.7 Å². The van der Waals surface area contributed by atoms with Gasteiger partial charge in [0, 0.05) is 32.9 Å². The number of benzene rings is 1. The SMILES string of the molecule is CC1Oc2ccc(NC(=O)N(C)CCN3CCCCCC3)cc2N(C)C1=O. The van der Waals surface area contributed by atoms with Gasteiger partial charge in [-0.1, -0.05) is 12.8 Å². The average Bonchev–Trinajstić information content (AvgIpc) is 2.93. The van der Waals surface area contributed by atoms with Crippen molar-refractivity contribution < 1.29 is 14.3 Å². The number of nitrogens with one attached hydrogen (secondary N) is 1. The lowest BCUT2D eigenvalue weighted by Gasteiger charge is -2.30. The van der Waals surface area contributed by atoms with E-state index in [-0.39, 0.29) is 11.9 Å². The number of hydrogen-bond acceptors (Lipinski definition) is 4. The molecule has 1 fully saturated rings. The van der Waals surface area contributed by atoms with Gasteiger partial charge in [0.25, 0.3) is 5.91 Å². The van der Waals surface area contributed by atoms with Gasteiger partial charge in [-0.15, -0.1) is 0 Å². The van der Waals surface area contributed by atoms with Gasteiger partial charge in [-0.25, -0.2) is 4.79 Å². The van der Waals surface area contributed by atoms with Gasteiger partial charge >= 0.3 is 6.03 Å². The second kappa shape index (κ2) is 8.61. The molecule has 1 unspecified atom stereocenters. The molecule has 3 rings (SSSR count). The summed E-state index contributed by atoms with van der Waals surface area (Å²) >= 11 is 0. The predicted molar refractivity (Wildman–Crippen MR) is 106 cm³/mol. The summed E-state index contributed by atoms with van der Waals surface area (Å²) in [5.74, 6) is 0.553. The van der Waals surface area contributed by atoms with Crippen molar-refractivity contribution in [2.24, 2.45) is 0 Å². The molecule has 0 radical (unpaired) electrons. The molecule has 1 atom stereocenters. The monoisotopic (exact) mass is 374 g/mol. The van der Waals surface area contributed by atoms with E-state index in [2.05, 4.69) is 10.2 Å². The first-order valence-corrected chi connectivity index (χ1v) is 9.78. The molecule has 2 aliphatic heterocycles. The molecule has 2 aliphatic rings. The van der Waals surface area contributed by atoms with Crippen LogP contribution in [-0.4, -0.2) is 68.1 Å². The van der Waals surface area contributed by atoms with Crippen LogP contribution in [0.25, 0.3) is 0 Å². The molecule has 3 amide bonds. The van der Waals surface area contributed by atoms with Crippen LogP contribution in [0.1, 0.15) is 32.6 Å². The Balaban J connectivity index is 1.56. The van der Waals surface area contributed by atoms with Crippen molar-refractivity contribution >= 4 is 23.3 Å². The van der Waals surface area contributed by atoms with E-state index in [9.17, 15) is 9.59 Å². The Morgan fingerprint density at radius 2 is 1.96 bits per heavy atom. The molecule has 148 valence electrons. The summed E-state index contributed by atoms with van der Waals surface area (Å²) in [5, 5.41) is 2.91. The topological polar surface area (TPSA) is 65.1 Å². The first-order chi connectivity index (χ1) is 13.0. The lowest BCUT2D eigenvalue weighted by atomic mass is 10.2. The fourth-order valence-corrected chi connectivity index (χ4v) is 3.56. The maximum absolute atomic E-state index is 12.5. The van der Waals surface area contributed by atoms with Gasteiger partial charge in [0.15, 0.2) is 6.10 Å². The molecule has 7 heteroatoms. The number of amides is 3. The van der Waals surface area contributed by atoms with E-state index in [0.717, 1.165) is 19.6 Å². The van der Waals surface area contributed by atoms with E-state index < -0.39 is 6.10 Å². The van der Waals surface area contributed by atoms with Crippen LogP contribution in [0.3, 0.4) is 0 Å². The molecule has 1 saturated heterocycles. The fraction of sp³-hybridized carbons (Fsp3) is 0.600. The molecular weight excluding hydrogens is 344 g/mol. The highest BCUT2D eigenvalue weighted by Gasteiger charge is 2.29. The number of nitrogens with zero attached hydrogens (tertiary/aromatic N) is 3. The lowest BCUT2D eigenvalue weighted by molar-refractivity contribution is -0.125. The quantitative estimate of drug-likeness (QED) is 0.880. The normalized spacial score (nSPS) is 20.5. The van der Waals surface area contributed by atoms with Crippen molar-refractivity contribution in [3.05, 3.63) is 18.2 Å². The van der Waals surface area contributed by atoms with Gasteiger partial charge in [-0.3, -0.25) is 4.79 Å². The molecule has 0 bridgehead atoms. The highest BCUT2D eigenvalue weighted by atomic mass is 16.5. The summed E-state index contributed by atoms with van der Waals surface area (Å²) in [6.45, 7) is 5.57. The third-order valence-corrected chi connectivity index (χ3v) is 5.35. The van der Waals surface area contributed by atoms with Crippen molar-refractivity contribution in [3.8, 4) is 5.75 Å². The van der Waals surface area contributed by atoms with Crippen LogP contribution in [-0.2, 0) is 4.79 Å². The number of anilines is 2. The van der Waals surface area contributed by atoms with Crippen LogP contribution in [0, 0.1) is 0 Å². The van der Waals surface area contributed by atoms with E-state index in [0.29, 0.717) is 23.7 Å². The summed E-state index contributed by atoms with van der Waals surface area (Å²) in [6, 6.07) is 5.22. The summed E-state index contributed by atoms with van der Waals surface area (Å²) in [4.78, 5) is 30.3. The standard InChI is InChI=1S/C20H30N4O3/c1-15-19(25)23(3)17-14-16(8-9-18(17)27-15)21-20(26)22(2)12-13-24-10-6-4-5-7-11-24/h8-9,14-15H,4-7,10-13H2,1-3H3,(H,21,26).